The van der Waals surface area contributed by atoms with Gasteiger partial charge in [0.1, 0.15) is 5.69 Å². The standard InChI is InChI=1S/C15H22BrN3S2/c1-2-3-4-5-7-12-10-14(16)21-15(12)13-11-19(18-17-13)8-6-9-20/h10-11,20H,2-9H2,1H3. The Bertz CT molecular complexity index is 551. The minimum absolute atomic E-state index is 0.877. The van der Waals surface area contributed by atoms with E-state index in [0.717, 1.165) is 30.8 Å². The van der Waals surface area contributed by atoms with E-state index in [1.807, 2.05) is 4.68 Å². The van der Waals surface area contributed by atoms with Crippen LogP contribution >= 0.6 is 39.9 Å². The van der Waals surface area contributed by atoms with Crippen molar-refractivity contribution in [2.75, 3.05) is 5.75 Å². The molecule has 116 valence electrons. The van der Waals surface area contributed by atoms with Crippen molar-refractivity contribution in [2.45, 2.75) is 52.0 Å². The lowest BCUT2D eigenvalue weighted by atomic mass is 10.1. The summed E-state index contributed by atoms with van der Waals surface area (Å²) < 4.78 is 3.09. The highest BCUT2D eigenvalue weighted by molar-refractivity contribution is 9.11. The molecule has 0 aromatic carbocycles. The molecule has 0 aliphatic rings. The number of hydrogen-bond donors (Lipinski definition) is 1. The third kappa shape index (κ3) is 5.11. The van der Waals surface area contributed by atoms with Crippen LogP contribution in [0.1, 0.15) is 44.6 Å². The Morgan fingerprint density at radius 3 is 2.90 bits per heavy atom. The number of rotatable bonds is 9. The molecule has 0 radical (unpaired) electrons. The van der Waals surface area contributed by atoms with Gasteiger partial charge in [-0.1, -0.05) is 31.4 Å². The first-order valence-corrected chi connectivity index (χ1v) is 9.78. The molecule has 0 spiro atoms. The van der Waals surface area contributed by atoms with Crippen molar-refractivity contribution in [1.29, 1.82) is 0 Å². The fourth-order valence-electron chi connectivity index (χ4n) is 2.28. The molecular formula is C15H22BrN3S2. The van der Waals surface area contributed by atoms with Gasteiger partial charge in [0.2, 0.25) is 0 Å². The zero-order valence-electron chi connectivity index (χ0n) is 12.4. The first-order chi connectivity index (χ1) is 10.2. The minimum atomic E-state index is 0.877. The van der Waals surface area contributed by atoms with Crippen LogP contribution in [-0.2, 0) is 13.0 Å². The van der Waals surface area contributed by atoms with E-state index in [0.29, 0.717) is 0 Å². The highest BCUT2D eigenvalue weighted by Gasteiger charge is 2.13. The van der Waals surface area contributed by atoms with Gasteiger partial charge in [-0.05, 0) is 52.6 Å². The van der Waals surface area contributed by atoms with Crippen molar-refractivity contribution < 1.29 is 0 Å². The Kier molecular flexibility index (Phi) is 7.26. The molecule has 3 nitrogen and oxygen atoms in total. The van der Waals surface area contributed by atoms with Gasteiger partial charge < -0.3 is 0 Å². The molecule has 0 atom stereocenters. The predicted molar refractivity (Wildman–Crippen MR) is 97.4 cm³/mol. The molecule has 0 unspecified atom stereocenters. The van der Waals surface area contributed by atoms with Crippen LogP contribution < -0.4 is 0 Å². The summed E-state index contributed by atoms with van der Waals surface area (Å²) in [5, 5.41) is 8.55. The molecule has 2 heterocycles. The van der Waals surface area contributed by atoms with Crippen molar-refractivity contribution in [2.24, 2.45) is 0 Å². The van der Waals surface area contributed by atoms with Crippen LogP contribution in [0.3, 0.4) is 0 Å². The van der Waals surface area contributed by atoms with Crippen LogP contribution in [0.2, 0.25) is 0 Å². The molecule has 0 aliphatic carbocycles. The van der Waals surface area contributed by atoms with Crippen LogP contribution in [0.25, 0.3) is 10.6 Å². The fraction of sp³-hybridized carbons (Fsp3) is 0.600. The summed E-state index contributed by atoms with van der Waals surface area (Å²) in [7, 11) is 0. The van der Waals surface area contributed by atoms with E-state index < -0.39 is 0 Å². The van der Waals surface area contributed by atoms with Crippen molar-refractivity contribution >= 4 is 39.9 Å². The largest absolute Gasteiger partial charge is 0.252 e. The lowest BCUT2D eigenvalue weighted by molar-refractivity contribution is 0.582. The number of unbranched alkanes of at least 4 members (excludes halogenated alkanes) is 3. The van der Waals surface area contributed by atoms with Crippen molar-refractivity contribution in [3.05, 3.63) is 21.6 Å². The number of hydrogen-bond acceptors (Lipinski definition) is 4. The van der Waals surface area contributed by atoms with E-state index in [4.69, 9.17) is 0 Å². The molecule has 0 saturated heterocycles. The van der Waals surface area contributed by atoms with E-state index in [2.05, 4.69) is 58.1 Å². The van der Waals surface area contributed by atoms with Gasteiger partial charge in [-0.25, -0.2) is 0 Å². The Balaban J connectivity index is 2.06. The average molecular weight is 388 g/mol. The zero-order chi connectivity index (χ0) is 15.1. The molecular weight excluding hydrogens is 366 g/mol. The Hall–Kier alpha value is -0.330. The highest BCUT2D eigenvalue weighted by atomic mass is 79.9. The first kappa shape index (κ1) is 17.0. The second kappa shape index (κ2) is 8.96. The average Bonchev–Trinajstić information content (AvgIpc) is 3.08. The van der Waals surface area contributed by atoms with Gasteiger partial charge in [-0.2, -0.15) is 12.6 Å². The number of thiol groups is 1. The molecule has 0 fully saturated rings. The fourth-order valence-corrected chi connectivity index (χ4v) is 4.07. The SMILES string of the molecule is CCCCCCc1cc(Br)sc1-c1cn(CCCS)nn1. The third-order valence-electron chi connectivity index (χ3n) is 3.40. The van der Waals surface area contributed by atoms with Crippen LogP contribution in [0.5, 0.6) is 0 Å². The van der Waals surface area contributed by atoms with Crippen LogP contribution in [-0.4, -0.2) is 20.7 Å². The molecule has 2 aromatic rings. The number of aromatic nitrogens is 3. The molecule has 2 aromatic heterocycles. The van der Waals surface area contributed by atoms with Gasteiger partial charge in [-0.3, -0.25) is 4.68 Å². The van der Waals surface area contributed by atoms with Crippen molar-refractivity contribution in [3.63, 3.8) is 0 Å². The normalized spacial score (nSPS) is 11.2. The van der Waals surface area contributed by atoms with E-state index in [9.17, 15) is 0 Å². The second-order valence-electron chi connectivity index (χ2n) is 5.16. The molecule has 21 heavy (non-hydrogen) atoms. The van der Waals surface area contributed by atoms with Gasteiger partial charge in [0.05, 0.1) is 14.9 Å². The number of aryl methyl sites for hydroxylation is 2. The van der Waals surface area contributed by atoms with Gasteiger partial charge in [0.15, 0.2) is 0 Å². The maximum atomic E-state index is 4.34. The van der Waals surface area contributed by atoms with Gasteiger partial charge >= 0.3 is 0 Å². The summed E-state index contributed by atoms with van der Waals surface area (Å²) in [4.78, 5) is 1.26. The highest BCUT2D eigenvalue weighted by Crippen LogP contribution is 2.35. The molecule has 0 bridgehead atoms. The van der Waals surface area contributed by atoms with E-state index >= 15 is 0 Å². The molecule has 0 aliphatic heterocycles. The first-order valence-electron chi connectivity index (χ1n) is 7.54. The smallest absolute Gasteiger partial charge is 0.123 e. The van der Waals surface area contributed by atoms with Gasteiger partial charge in [0, 0.05) is 6.54 Å². The summed E-state index contributed by atoms with van der Waals surface area (Å²) in [5.41, 5.74) is 2.39. The van der Waals surface area contributed by atoms with Gasteiger partial charge in [-0.15, -0.1) is 16.4 Å². The maximum Gasteiger partial charge on any atom is 0.123 e. The van der Waals surface area contributed by atoms with Crippen LogP contribution in [0.15, 0.2) is 16.0 Å². The Labute approximate surface area is 144 Å². The molecule has 2 rings (SSSR count). The van der Waals surface area contributed by atoms with Crippen molar-refractivity contribution in [1.82, 2.24) is 15.0 Å². The van der Waals surface area contributed by atoms with Crippen LogP contribution in [0, 0.1) is 0 Å². The summed E-state index contributed by atoms with van der Waals surface area (Å²) in [5.74, 6) is 0.877. The minimum Gasteiger partial charge on any atom is -0.252 e. The van der Waals surface area contributed by atoms with E-state index in [1.54, 1.807) is 11.3 Å². The molecule has 6 heteroatoms. The number of nitrogens with zero attached hydrogens (tertiary/aromatic N) is 3. The van der Waals surface area contributed by atoms with Gasteiger partial charge in [0.25, 0.3) is 0 Å². The van der Waals surface area contributed by atoms with E-state index in [-0.39, 0.29) is 0 Å². The Morgan fingerprint density at radius 2 is 2.14 bits per heavy atom. The molecule has 0 saturated carbocycles. The quantitative estimate of drug-likeness (QED) is 0.472. The summed E-state index contributed by atoms with van der Waals surface area (Å²) in [6.07, 6.45) is 9.35. The Morgan fingerprint density at radius 1 is 1.29 bits per heavy atom. The van der Waals surface area contributed by atoms with Crippen LogP contribution in [0.4, 0.5) is 0 Å². The van der Waals surface area contributed by atoms with Crippen molar-refractivity contribution in [3.8, 4) is 10.6 Å². The molecule has 0 N–H and O–H groups in total. The summed E-state index contributed by atoms with van der Waals surface area (Å²) in [6.45, 7) is 3.13. The zero-order valence-corrected chi connectivity index (χ0v) is 15.7. The number of thiophene rings is 1. The summed E-state index contributed by atoms with van der Waals surface area (Å²) >= 11 is 9.60. The topological polar surface area (TPSA) is 30.7 Å². The lowest BCUT2D eigenvalue weighted by Crippen LogP contribution is -1.98. The molecule has 0 amide bonds. The number of halogens is 1. The predicted octanol–water partition coefficient (Wildman–Crippen LogP) is 5.21. The monoisotopic (exact) mass is 387 g/mol. The van der Waals surface area contributed by atoms with E-state index in [1.165, 1.54) is 39.9 Å². The third-order valence-corrected chi connectivity index (χ3v) is 5.41. The second-order valence-corrected chi connectivity index (χ2v) is 8.04. The lowest BCUT2D eigenvalue weighted by Gasteiger charge is -2.01. The maximum absolute atomic E-state index is 4.34. The summed E-state index contributed by atoms with van der Waals surface area (Å²) in [6, 6.07) is 2.23.